The first-order valence-corrected chi connectivity index (χ1v) is 6.52. The Morgan fingerprint density at radius 3 is 2.47 bits per heavy atom. The quantitative estimate of drug-likeness (QED) is 0.886. The Bertz CT molecular complexity index is 612. The van der Waals surface area contributed by atoms with Crippen molar-refractivity contribution >= 4 is 11.7 Å². The number of rotatable bonds is 3. The number of nitrogens with one attached hydrogen (secondary N) is 2. The van der Waals surface area contributed by atoms with E-state index in [0.29, 0.717) is 5.82 Å². The van der Waals surface area contributed by atoms with Gasteiger partial charge in [0, 0.05) is 11.3 Å². The fourth-order valence-electron chi connectivity index (χ4n) is 2.36. The van der Waals surface area contributed by atoms with Crippen molar-refractivity contribution in [2.45, 2.75) is 32.1 Å². The van der Waals surface area contributed by atoms with Crippen LogP contribution in [0.2, 0.25) is 0 Å². The maximum atomic E-state index is 12.5. The molecule has 0 bridgehead atoms. The molecule has 3 rings (SSSR count). The molecule has 0 radical (unpaired) electrons. The van der Waals surface area contributed by atoms with Gasteiger partial charge < -0.3 is 5.32 Å². The lowest BCUT2D eigenvalue weighted by Crippen LogP contribution is -2.28. The fraction of sp³-hybridized carbons (Fsp3) is 0.333. The Labute approximate surface area is 112 Å². The second-order valence-corrected chi connectivity index (χ2v) is 5.22. The zero-order chi connectivity index (χ0) is 13.5. The first-order valence-electron chi connectivity index (χ1n) is 6.52. The van der Waals surface area contributed by atoms with Crippen molar-refractivity contribution in [2.24, 2.45) is 0 Å². The van der Waals surface area contributed by atoms with E-state index in [2.05, 4.69) is 15.5 Å². The first kappa shape index (κ1) is 12.0. The van der Waals surface area contributed by atoms with Crippen molar-refractivity contribution in [3.8, 4) is 0 Å². The summed E-state index contributed by atoms with van der Waals surface area (Å²) in [5, 5.41) is 9.97. The Morgan fingerprint density at radius 1 is 1.26 bits per heavy atom. The molecule has 0 atom stereocenters. The van der Waals surface area contributed by atoms with Gasteiger partial charge in [-0.1, -0.05) is 30.3 Å². The Hall–Kier alpha value is -2.10. The molecule has 2 aromatic rings. The van der Waals surface area contributed by atoms with Gasteiger partial charge in [0.25, 0.3) is 0 Å². The van der Waals surface area contributed by atoms with Crippen LogP contribution in [0.3, 0.4) is 0 Å². The largest absolute Gasteiger partial charge is 0.308 e. The molecule has 4 nitrogen and oxygen atoms in total. The van der Waals surface area contributed by atoms with E-state index in [4.69, 9.17) is 0 Å². The number of amides is 1. The fourth-order valence-corrected chi connectivity index (χ4v) is 2.36. The number of hydrogen-bond donors (Lipinski definition) is 2. The molecule has 1 saturated carbocycles. The van der Waals surface area contributed by atoms with E-state index in [1.165, 1.54) is 0 Å². The summed E-state index contributed by atoms with van der Waals surface area (Å²) >= 11 is 0. The molecule has 1 aromatic carbocycles. The number of carbonyl (C=O) groups excluding carboxylic acids is 1. The van der Waals surface area contributed by atoms with Gasteiger partial charge in [-0.05, 0) is 32.3 Å². The van der Waals surface area contributed by atoms with Crippen LogP contribution in [0.15, 0.2) is 30.3 Å². The normalized spacial score (nSPS) is 16.1. The minimum atomic E-state index is -0.347. The van der Waals surface area contributed by atoms with Gasteiger partial charge in [-0.15, -0.1) is 0 Å². The number of benzene rings is 1. The molecular formula is C15H17N3O. The highest BCUT2D eigenvalue weighted by molar-refractivity contribution is 6.01. The molecule has 1 aliphatic rings. The molecule has 0 unspecified atom stereocenters. The van der Waals surface area contributed by atoms with Crippen molar-refractivity contribution in [1.82, 2.24) is 10.2 Å². The van der Waals surface area contributed by atoms with E-state index in [0.717, 1.165) is 29.7 Å². The standard InChI is InChI=1S/C15H17N3O/c1-10-11(2)17-18-13(10)16-14(19)15(8-9-15)12-6-4-3-5-7-12/h3-7H,8-9H2,1-2H3,(H2,16,17,18,19). The Balaban J connectivity index is 1.83. The smallest absolute Gasteiger partial charge is 0.236 e. The second-order valence-electron chi connectivity index (χ2n) is 5.22. The predicted octanol–water partition coefficient (Wildman–Crippen LogP) is 2.70. The number of H-pyrrole nitrogens is 1. The van der Waals surface area contributed by atoms with Crippen LogP contribution in [0, 0.1) is 13.8 Å². The number of aromatic amines is 1. The molecule has 98 valence electrons. The lowest BCUT2D eigenvalue weighted by Gasteiger charge is -2.14. The number of anilines is 1. The molecule has 0 saturated heterocycles. The molecule has 0 spiro atoms. The van der Waals surface area contributed by atoms with Crippen molar-refractivity contribution in [2.75, 3.05) is 5.32 Å². The molecule has 1 amide bonds. The van der Waals surface area contributed by atoms with Gasteiger partial charge >= 0.3 is 0 Å². The molecule has 19 heavy (non-hydrogen) atoms. The maximum absolute atomic E-state index is 12.5. The molecule has 1 aliphatic carbocycles. The van der Waals surface area contributed by atoms with Crippen LogP contribution < -0.4 is 5.32 Å². The third-order valence-corrected chi connectivity index (χ3v) is 4.00. The third kappa shape index (κ3) is 1.93. The Morgan fingerprint density at radius 2 is 1.95 bits per heavy atom. The maximum Gasteiger partial charge on any atom is 0.236 e. The van der Waals surface area contributed by atoms with Gasteiger partial charge in [-0.3, -0.25) is 9.89 Å². The van der Waals surface area contributed by atoms with Crippen LogP contribution in [0.1, 0.15) is 29.7 Å². The number of carbonyl (C=O) groups is 1. The van der Waals surface area contributed by atoms with E-state index in [1.807, 2.05) is 44.2 Å². The summed E-state index contributed by atoms with van der Waals surface area (Å²) in [5.74, 6) is 0.693. The van der Waals surface area contributed by atoms with Crippen LogP contribution in [0.5, 0.6) is 0 Å². The number of hydrogen-bond acceptors (Lipinski definition) is 2. The summed E-state index contributed by atoms with van der Waals surface area (Å²) in [4.78, 5) is 12.5. The zero-order valence-corrected chi connectivity index (χ0v) is 11.2. The van der Waals surface area contributed by atoms with Crippen LogP contribution >= 0.6 is 0 Å². The number of nitrogens with zero attached hydrogens (tertiary/aromatic N) is 1. The molecule has 1 aromatic heterocycles. The van der Waals surface area contributed by atoms with Gasteiger partial charge in [-0.2, -0.15) is 5.10 Å². The van der Waals surface area contributed by atoms with E-state index in [9.17, 15) is 4.79 Å². The van der Waals surface area contributed by atoms with Gasteiger partial charge in [0.1, 0.15) is 0 Å². The van der Waals surface area contributed by atoms with Crippen molar-refractivity contribution < 1.29 is 4.79 Å². The average molecular weight is 255 g/mol. The molecule has 4 heteroatoms. The molecule has 0 aliphatic heterocycles. The minimum Gasteiger partial charge on any atom is -0.308 e. The van der Waals surface area contributed by atoms with Crippen LogP contribution in [0.4, 0.5) is 5.82 Å². The molecule has 2 N–H and O–H groups in total. The van der Waals surface area contributed by atoms with Crippen LogP contribution in [-0.4, -0.2) is 16.1 Å². The highest BCUT2D eigenvalue weighted by atomic mass is 16.2. The minimum absolute atomic E-state index is 0.0494. The van der Waals surface area contributed by atoms with Gasteiger partial charge in [0.15, 0.2) is 5.82 Å². The number of aromatic nitrogens is 2. The van der Waals surface area contributed by atoms with Crippen LogP contribution in [-0.2, 0) is 10.2 Å². The summed E-state index contributed by atoms with van der Waals surface area (Å²) < 4.78 is 0. The third-order valence-electron chi connectivity index (χ3n) is 4.00. The van der Waals surface area contributed by atoms with Crippen molar-refractivity contribution in [1.29, 1.82) is 0 Å². The van der Waals surface area contributed by atoms with Crippen molar-refractivity contribution in [3.63, 3.8) is 0 Å². The second kappa shape index (κ2) is 4.23. The molecular weight excluding hydrogens is 238 g/mol. The highest BCUT2D eigenvalue weighted by Gasteiger charge is 2.51. The van der Waals surface area contributed by atoms with E-state index in [1.54, 1.807) is 0 Å². The summed E-state index contributed by atoms with van der Waals surface area (Å²) in [7, 11) is 0. The summed E-state index contributed by atoms with van der Waals surface area (Å²) in [6.07, 6.45) is 1.82. The van der Waals surface area contributed by atoms with Gasteiger partial charge in [-0.25, -0.2) is 0 Å². The predicted molar refractivity (Wildman–Crippen MR) is 74.0 cm³/mol. The van der Waals surface area contributed by atoms with Gasteiger partial charge in [0.2, 0.25) is 5.91 Å². The number of aryl methyl sites for hydroxylation is 1. The highest BCUT2D eigenvalue weighted by Crippen LogP contribution is 2.48. The van der Waals surface area contributed by atoms with E-state index in [-0.39, 0.29) is 11.3 Å². The summed E-state index contributed by atoms with van der Waals surface area (Å²) in [5.41, 5.74) is 2.73. The van der Waals surface area contributed by atoms with Crippen molar-refractivity contribution in [3.05, 3.63) is 47.2 Å². The summed E-state index contributed by atoms with van der Waals surface area (Å²) in [6, 6.07) is 9.97. The summed E-state index contributed by atoms with van der Waals surface area (Å²) in [6.45, 7) is 3.90. The molecule has 1 fully saturated rings. The molecule has 1 heterocycles. The topological polar surface area (TPSA) is 57.8 Å². The first-order chi connectivity index (χ1) is 9.13. The zero-order valence-electron chi connectivity index (χ0n) is 11.2. The van der Waals surface area contributed by atoms with E-state index < -0.39 is 0 Å². The average Bonchev–Trinajstić information content (AvgIpc) is 3.19. The lowest BCUT2D eigenvalue weighted by molar-refractivity contribution is -0.118. The SMILES string of the molecule is Cc1[nH]nc(NC(=O)C2(c3ccccc3)CC2)c1C. The lowest BCUT2D eigenvalue weighted by atomic mass is 9.95. The van der Waals surface area contributed by atoms with Crippen LogP contribution in [0.25, 0.3) is 0 Å². The Kier molecular flexibility index (Phi) is 2.66. The monoisotopic (exact) mass is 255 g/mol. The van der Waals surface area contributed by atoms with E-state index >= 15 is 0 Å². The van der Waals surface area contributed by atoms with Gasteiger partial charge in [0.05, 0.1) is 5.41 Å².